The van der Waals surface area contributed by atoms with Crippen LogP contribution in [0, 0.1) is 0 Å². The molecule has 0 aliphatic rings. The lowest BCUT2D eigenvalue weighted by Crippen LogP contribution is -2.01. The monoisotopic (exact) mass is 358 g/mol. The zero-order valence-electron chi connectivity index (χ0n) is 8.21. The molecule has 92 valence electrons. The molecule has 0 heterocycles. The van der Waals surface area contributed by atoms with Gasteiger partial charge in [-0.1, -0.05) is 50.7 Å². The van der Waals surface area contributed by atoms with Crippen molar-refractivity contribution in [2.75, 3.05) is 6.61 Å². The number of benzene rings is 1. The lowest BCUT2D eigenvalue weighted by molar-refractivity contribution is 0.0696. The number of hydrogen-bond acceptors (Lipinski definition) is 2. The molecule has 1 aromatic carbocycles. The second-order valence-corrected chi connectivity index (χ2v) is 5.26. The van der Waals surface area contributed by atoms with Crippen molar-refractivity contribution in [3.8, 4) is 5.75 Å². The first-order valence-electron chi connectivity index (χ1n) is 4.26. The van der Waals surface area contributed by atoms with Gasteiger partial charge in [0.15, 0.2) is 0 Å². The molecule has 0 unspecified atom stereocenters. The molecule has 0 aliphatic heterocycles. The average molecular weight is 360 g/mol. The van der Waals surface area contributed by atoms with Crippen LogP contribution in [0.4, 0.5) is 0 Å². The maximum Gasteiger partial charge on any atom is 0.335 e. The van der Waals surface area contributed by atoms with Gasteiger partial charge in [-0.25, -0.2) is 4.79 Å². The van der Waals surface area contributed by atoms with Crippen molar-refractivity contribution in [2.45, 2.75) is 0 Å². The van der Waals surface area contributed by atoms with Gasteiger partial charge in [0.25, 0.3) is 0 Å². The molecule has 3 nitrogen and oxygen atoms in total. The highest BCUT2D eigenvalue weighted by Gasteiger charge is 2.08. The Hall–Kier alpha value is -0.420. The first-order valence-corrected chi connectivity index (χ1v) is 6.19. The Morgan fingerprint density at radius 3 is 2.47 bits per heavy atom. The first kappa shape index (κ1) is 14.6. The number of carbonyl (C=O) groups is 1. The molecule has 0 amide bonds. The standard InChI is InChI=1S/C10H6BrCl3O3/c11-6-1-5(10(15)16)2-7(3-6)17-4-8(12)9(13)14/h1-3H,4H2,(H,15,16). The Labute approximate surface area is 121 Å². The third-order valence-corrected chi connectivity index (χ3v) is 3.09. The van der Waals surface area contributed by atoms with Crippen LogP contribution in [0.15, 0.2) is 32.2 Å². The normalized spacial score (nSPS) is 9.88. The maximum absolute atomic E-state index is 10.8. The van der Waals surface area contributed by atoms with Crippen LogP contribution in [0.5, 0.6) is 5.75 Å². The Morgan fingerprint density at radius 2 is 1.94 bits per heavy atom. The summed E-state index contributed by atoms with van der Waals surface area (Å²) in [5.74, 6) is -0.697. The van der Waals surface area contributed by atoms with Gasteiger partial charge in [-0.15, -0.1) is 0 Å². The number of halogens is 4. The fourth-order valence-corrected chi connectivity index (χ4v) is 1.61. The van der Waals surface area contributed by atoms with Crippen LogP contribution in [-0.2, 0) is 0 Å². The van der Waals surface area contributed by atoms with E-state index in [-0.39, 0.29) is 21.7 Å². The molecule has 1 N–H and O–H groups in total. The number of aromatic carboxylic acids is 1. The zero-order chi connectivity index (χ0) is 13.0. The summed E-state index contributed by atoms with van der Waals surface area (Å²) in [6, 6.07) is 4.44. The second-order valence-electron chi connectivity index (χ2n) is 2.93. The van der Waals surface area contributed by atoms with Gasteiger partial charge in [0.05, 0.1) is 10.6 Å². The van der Waals surface area contributed by atoms with Crippen LogP contribution < -0.4 is 4.74 Å². The Kier molecular flexibility index (Phi) is 5.59. The maximum atomic E-state index is 10.8. The van der Waals surface area contributed by atoms with Gasteiger partial charge in [0.2, 0.25) is 0 Å². The van der Waals surface area contributed by atoms with Gasteiger partial charge in [0.1, 0.15) is 16.8 Å². The van der Waals surface area contributed by atoms with E-state index in [4.69, 9.17) is 44.6 Å². The van der Waals surface area contributed by atoms with Crippen LogP contribution in [0.1, 0.15) is 10.4 Å². The summed E-state index contributed by atoms with van der Waals surface area (Å²) in [5.41, 5.74) is 0.103. The van der Waals surface area contributed by atoms with Crippen LogP contribution >= 0.6 is 50.7 Å². The fraction of sp³-hybridized carbons (Fsp3) is 0.100. The van der Waals surface area contributed by atoms with Crippen molar-refractivity contribution >= 4 is 56.7 Å². The molecular formula is C10H6BrCl3O3. The lowest BCUT2D eigenvalue weighted by atomic mass is 10.2. The minimum atomic E-state index is -1.05. The van der Waals surface area contributed by atoms with Gasteiger partial charge in [-0.2, -0.15) is 0 Å². The molecule has 1 aromatic rings. The van der Waals surface area contributed by atoms with E-state index < -0.39 is 5.97 Å². The van der Waals surface area contributed by atoms with Crippen LogP contribution in [0.3, 0.4) is 0 Å². The van der Waals surface area contributed by atoms with Crippen LogP contribution in [-0.4, -0.2) is 17.7 Å². The summed E-state index contributed by atoms with van der Waals surface area (Å²) in [4.78, 5) is 10.8. The minimum Gasteiger partial charge on any atom is -0.488 e. The molecule has 1 rings (SSSR count). The summed E-state index contributed by atoms with van der Waals surface area (Å²) >= 11 is 19.7. The van der Waals surface area contributed by atoms with Crippen molar-refractivity contribution in [3.63, 3.8) is 0 Å². The lowest BCUT2D eigenvalue weighted by Gasteiger charge is -2.07. The van der Waals surface area contributed by atoms with E-state index in [1.54, 1.807) is 6.07 Å². The average Bonchev–Trinajstić information content (AvgIpc) is 2.24. The quantitative estimate of drug-likeness (QED) is 0.865. The Morgan fingerprint density at radius 1 is 1.29 bits per heavy atom. The fourth-order valence-electron chi connectivity index (χ4n) is 0.971. The van der Waals surface area contributed by atoms with E-state index in [0.717, 1.165) is 0 Å². The van der Waals surface area contributed by atoms with E-state index in [1.807, 2.05) is 0 Å². The zero-order valence-corrected chi connectivity index (χ0v) is 12.1. The highest BCUT2D eigenvalue weighted by atomic mass is 79.9. The smallest absolute Gasteiger partial charge is 0.335 e. The van der Waals surface area contributed by atoms with Gasteiger partial charge < -0.3 is 9.84 Å². The first-order chi connectivity index (χ1) is 7.90. The predicted octanol–water partition coefficient (Wildman–Crippen LogP) is 4.41. The van der Waals surface area contributed by atoms with Gasteiger partial charge in [-0.3, -0.25) is 0 Å². The Bertz CT molecular complexity index is 470. The molecule has 0 aliphatic carbocycles. The largest absolute Gasteiger partial charge is 0.488 e. The van der Waals surface area contributed by atoms with Crippen molar-refractivity contribution in [1.82, 2.24) is 0 Å². The topological polar surface area (TPSA) is 46.5 Å². The second kappa shape index (κ2) is 6.50. The van der Waals surface area contributed by atoms with Crippen molar-refractivity contribution in [2.24, 2.45) is 0 Å². The van der Waals surface area contributed by atoms with E-state index in [1.165, 1.54) is 12.1 Å². The summed E-state index contributed by atoms with van der Waals surface area (Å²) in [5, 5.41) is 8.99. The van der Waals surface area contributed by atoms with Crippen molar-refractivity contribution < 1.29 is 14.6 Å². The molecule has 0 radical (unpaired) electrons. The molecule has 0 aromatic heterocycles. The molecule has 0 saturated heterocycles. The molecule has 0 fully saturated rings. The number of carboxylic acid groups (broad SMARTS) is 1. The molecule has 7 heteroatoms. The SMILES string of the molecule is O=C(O)c1cc(Br)cc(OCC(Cl)=C(Cl)Cl)c1. The van der Waals surface area contributed by atoms with E-state index in [2.05, 4.69) is 15.9 Å². The predicted molar refractivity (Wildman–Crippen MR) is 71.2 cm³/mol. The van der Waals surface area contributed by atoms with Gasteiger partial charge in [-0.05, 0) is 18.2 Å². The molecule has 0 saturated carbocycles. The highest BCUT2D eigenvalue weighted by Crippen LogP contribution is 2.24. The molecule has 0 bridgehead atoms. The highest BCUT2D eigenvalue weighted by molar-refractivity contribution is 9.10. The summed E-state index contributed by atoms with van der Waals surface area (Å²) in [6.07, 6.45) is 0. The Balaban J connectivity index is 2.85. The number of carboxylic acids is 1. The third-order valence-electron chi connectivity index (χ3n) is 1.69. The molecule has 0 spiro atoms. The van der Waals surface area contributed by atoms with Crippen molar-refractivity contribution in [1.29, 1.82) is 0 Å². The summed E-state index contributed by atoms with van der Waals surface area (Å²) in [6.45, 7) is -0.0284. The summed E-state index contributed by atoms with van der Waals surface area (Å²) < 4.78 is 5.75. The van der Waals surface area contributed by atoms with Crippen molar-refractivity contribution in [3.05, 3.63) is 37.8 Å². The van der Waals surface area contributed by atoms with Crippen LogP contribution in [0.2, 0.25) is 0 Å². The van der Waals surface area contributed by atoms with Crippen LogP contribution in [0.25, 0.3) is 0 Å². The molecular weight excluding hydrogens is 354 g/mol. The number of ether oxygens (including phenoxy) is 1. The molecule has 0 atom stereocenters. The number of hydrogen-bond donors (Lipinski definition) is 1. The van der Waals surface area contributed by atoms with E-state index >= 15 is 0 Å². The van der Waals surface area contributed by atoms with E-state index in [9.17, 15) is 4.79 Å². The van der Waals surface area contributed by atoms with Gasteiger partial charge in [0, 0.05) is 4.47 Å². The summed E-state index contributed by atoms with van der Waals surface area (Å²) in [7, 11) is 0. The third kappa shape index (κ3) is 4.76. The molecule has 17 heavy (non-hydrogen) atoms. The van der Waals surface area contributed by atoms with Gasteiger partial charge >= 0.3 is 5.97 Å². The number of rotatable bonds is 4. The van der Waals surface area contributed by atoms with E-state index in [0.29, 0.717) is 10.2 Å². The minimum absolute atomic E-state index is 0.0284.